The van der Waals surface area contributed by atoms with Gasteiger partial charge in [0, 0.05) is 10.0 Å². The van der Waals surface area contributed by atoms with Crippen molar-refractivity contribution in [3.63, 3.8) is 0 Å². The molecule has 0 fully saturated rings. The van der Waals surface area contributed by atoms with Gasteiger partial charge in [0.25, 0.3) is 0 Å². The van der Waals surface area contributed by atoms with Crippen molar-refractivity contribution < 1.29 is 4.74 Å². The summed E-state index contributed by atoms with van der Waals surface area (Å²) in [6, 6.07) is 15.0. The van der Waals surface area contributed by atoms with Crippen molar-refractivity contribution in [2.24, 2.45) is 5.84 Å². The molecule has 2 aromatic rings. The molecule has 5 heteroatoms. The van der Waals surface area contributed by atoms with Crippen molar-refractivity contribution in [3.05, 3.63) is 64.1 Å². The molecule has 0 radical (unpaired) electrons. The van der Waals surface area contributed by atoms with E-state index in [9.17, 15) is 0 Å². The van der Waals surface area contributed by atoms with Gasteiger partial charge in [-0.05, 0) is 49.2 Å². The fraction of sp³-hybridized carbons (Fsp3) is 0.250. The van der Waals surface area contributed by atoms with Gasteiger partial charge in [-0.2, -0.15) is 0 Å². The standard InChI is InChI=1S/C16H18Cl2N2O/c1-11(21-15-4-2-3-14(18)10-15)16(20-19)9-12-5-7-13(17)8-6-12/h2-8,10-11,16,20H,9,19H2,1H3. The highest BCUT2D eigenvalue weighted by molar-refractivity contribution is 6.30. The van der Waals surface area contributed by atoms with E-state index in [1.807, 2.05) is 49.4 Å². The molecule has 0 amide bonds. The van der Waals surface area contributed by atoms with Gasteiger partial charge in [-0.3, -0.25) is 11.3 Å². The zero-order valence-corrected chi connectivity index (χ0v) is 13.2. The van der Waals surface area contributed by atoms with Gasteiger partial charge in [0.2, 0.25) is 0 Å². The van der Waals surface area contributed by atoms with E-state index in [2.05, 4.69) is 5.43 Å². The maximum absolute atomic E-state index is 5.95. The van der Waals surface area contributed by atoms with Gasteiger partial charge >= 0.3 is 0 Å². The average molecular weight is 325 g/mol. The monoisotopic (exact) mass is 324 g/mol. The number of halogens is 2. The first-order chi connectivity index (χ1) is 10.1. The lowest BCUT2D eigenvalue weighted by molar-refractivity contribution is 0.169. The van der Waals surface area contributed by atoms with E-state index in [1.165, 1.54) is 0 Å². The van der Waals surface area contributed by atoms with E-state index >= 15 is 0 Å². The summed E-state index contributed by atoms with van der Waals surface area (Å²) in [4.78, 5) is 0. The zero-order chi connectivity index (χ0) is 15.2. The van der Waals surface area contributed by atoms with Crippen LogP contribution in [0, 0.1) is 0 Å². The van der Waals surface area contributed by atoms with Crippen molar-refractivity contribution in [2.45, 2.75) is 25.5 Å². The van der Waals surface area contributed by atoms with E-state index in [4.69, 9.17) is 33.8 Å². The van der Waals surface area contributed by atoms with Crippen molar-refractivity contribution in [1.29, 1.82) is 0 Å². The smallest absolute Gasteiger partial charge is 0.121 e. The Morgan fingerprint density at radius 1 is 1.10 bits per heavy atom. The first-order valence-electron chi connectivity index (χ1n) is 6.71. The van der Waals surface area contributed by atoms with Crippen LogP contribution in [0.2, 0.25) is 10.0 Å². The van der Waals surface area contributed by atoms with Gasteiger partial charge in [-0.1, -0.05) is 41.4 Å². The normalized spacial score (nSPS) is 13.7. The van der Waals surface area contributed by atoms with E-state index < -0.39 is 0 Å². The molecule has 2 rings (SSSR count). The van der Waals surface area contributed by atoms with Gasteiger partial charge in [0.05, 0.1) is 6.04 Å². The molecule has 21 heavy (non-hydrogen) atoms. The molecule has 2 atom stereocenters. The molecule has 0 aliphatic heterocycles. The fourth-order valence-electron chi connectivity index (χ4n) is 2.07. The van der Waals surface area contributed by atoms with Crippen LogP contribution in [0.5, 0.6) is 5.75 Å². The predicted molar refractivity (Wildman–Crippen MR) is 87.8 cm³/mol. The summed E-state index contributed by atoms with van der Waals surface area (Å²) >= 11 is 11.8. The minimum atomic E-state index is -0.107. The summed E-state index contributed by atoms with van der Waals surface area (Å²) in [5.41, 5.74) is 3.95. The summed E-state index contributed by atoms with van der Waals surface area (Å²) in [5, 5.41) is 1.37. The lowest BCUT2D eigenvalue weighted by atomic mass is 10.0. The number of hydrogen-bond acceptors (Lipinski definition) is 3. The molecule has 0 bridgehead atoms. The molecule has 0 saturated heterocycles. The topological polar surface area (TPSA) is 47.3 Å². The van der Waals surface area contributed by atoms with Crippen LogP contribution < -0.4 is 16.0 Å². The molecule has 112 valence electrons. The summed E-state index contributed by atoms with van der Waals surface area (Å²) in [6.07, 6.45) is 0.638. The molecule has 2 aromatic carbocycles. The highest BCUT2D eigenvalue weighted by Crippen LogP contribution is 2.20. The Balaban J connectivity index is 2.01. The summed E-state index contributed by atoms with van der Waals surface area (Å²) < 4.78 is 5.89. The number of nitrogens with one attached hydrogen (secondary N) is 1. The average Bonchev–Trinajstić information content (AvgIpc) is 2.46. The largest absolute Gasteiger partial charge is 0.489 e. The summed E-state index contributed by atoms with van der Waals surface area (Å²) in [7, 11) is 0. The van der Waals surface area contributed by atoms with E-state index in [-0.39, 0.29) is 12.1 Å². The van der Waals surface area contributed by atoms with Gasteiger partial charge in [0.1, 0.15) is 11.9 Å². The third-order valence-electron chi connectivity index (χ3n) is 3.27. The number of benzene rings is 2. The molecule has 2 unspecified atom stereocenters. The molecular formula is C16H18Cl2N2O. The third kappa shape index (κ3) is 4.90. The molecule has 0 aliphatic rings. The highest BCUT2D eigenvalue weighted by Gasteiger charge is 2.18. The zero-order valence-electron chi connectivity index (χ0n) is 11.7. The van der Waals surface area contributed by atoms with E-state index in [0.29, 0.717) is 5.02 Å². The van der Waals surface area contributed by atoms with Crippen LogP contribution in [-0.2, 0) is 6.42 Å². The Hall–Kier alpha value is -1.26. The first kappa shape index (κ1) is 16.1. The van der Waals surface area contributed by atoms with Crippen LogP contribution in [0.1, 0.15) is 12.5 Å². The number of nitrogens with two attached hydrogens (primary N) is 1. The second-order valence-corrected chi connectivity index (χ2v) is 5.76. The van der Waals surface area contributed by atoms with Crippen molar-refractivity contribution in [2.75, 3.05) is 0 Å². The van der Waals surface area contributed by atoms with Crippen molar-refractivity contribution >= 4 is 23.2 Å². The number of hydrogen-bond donors (Lipinski definition) is 2. The van der Waals surface area contributed by atoms with Crippen LogP contribution in [0.25, 0.3) is 0 Å². The fourth-order valence-corrected chi connectivity index (χ4v) is 2.38. The van der Waals surface area contributed by atoms with E-state index in [1.54, 1.807) is 6.07 Å². The van der Waals surface area contributed by atoms with Gasteiger partial charge < -0.3 is 4.74 Å². The number of hydrazine groups is 1. The second-order valence-electron chi connectivity index (χ2n) is 4.88. The minimum absolute atomic E-state index is 0.0230. The Labute approximate surface area is 135 Å². The lowest BCUT2D eigenvalue weighted by Gasteiger charge is -2.24. The van der Waals surface area contributed by atoms with Crippen LogP contribution in [0.15, 0.2) is 48.5 Å². The Bertz CT molecular complexity index is 575. The van der Waals surface area contributed by atoms with Crippen LogP contribution in [-0.4, -0.2) is 12.1 Å². The molecule has 0 saturated carbocycles. The molecular weight excluding hydrogens is 307 g/mol. The van der Waals surface area contributed by atoms with E-state index in [0.717, 1.165) is 22.8 Å². The molecule has 3 nitrogen and oxygen atoms in total. The summed E-state index contributed by atoms with van der Waals surface area (Å²) in [6.45, 7) is 1.97. The third-order valence-corrected chi connectivity index (χ3v) is 3.75. The van der Waals surface area contributed by atoms with Crippen LogP contribution >= 0.6 is 23.2 Å². The predicted octanol–water partition coefficient (Wildman–Crippen LogP) is 3.84. The van der Waals surface area contributed by atoms with Crippen molar-refractivity contribution in [1.82, 2.24) is 5.43 Å². The van der Waals surface area contributed by atoms with Gasteiger partial charge in [0.15, 0.2) is 0 Å². The Morgan fingerprint density at radius 3 is 2.43 bits per heavy atom. The molecule has 0 heterocycles. The van der Waals surface area contributed by atoms with Crippen LogP contribution in [0.4, 0.5) is 0 Å². The quantitative estimate of drug-likeness (QED) is 0.627. The lowest BCUT2D eigenvalue weighted by Crippen LogP contribution is -2.46. The van der Waals surface area contributed by atoms with Crippen LogP contribution in [0.3, 0.4) is 0 Å². The first-order valence-corrected chi connectivity index (χ1v) is 7.47. The molecule has 0 aromatic heterocycles. The minimum Gasteiger partial charge on any atom is -0.489 e. The molecule has 3 N–H and O–H groups in total. The maximum atomic E-state index is 5.95. The SMILES string of the molecule is CC(Oc1cccc(Cl)c1)C(Cc1ccc(Cl)cc1)NN. The Kier molecular flexibility index (Phi) is 5.88. The maximum Gasteiger partial charge on any atom is 0.121 e. The Morgan fingerprint density at radius 2 is 1.81 bits per heavy atom. The van der Waals surface area contributed by atoms with Gasteiger partial charge in [-0.25, -0.2) is 0 Å². The number of ether oxygens (including phenoxy) is 1. The van der Waals surface area contributed by atoms with Crippen molar-refractivity contribution in [3.8, 4) is 5.75 Å². The summed E-state index contributed by atoms with van der Waals surface area (Å²) in [5.74, 6) is 6.38. The molecule has 0 aliphatic carbocycles. The number of rotatable bonds is 6. The highest BCUT2D eigenvalue weighted by atomic mass is 35.5. The van der Waals surface area contributed by atoms with Gasteiger partial charge in [-0.15, -0.1) is 0 Å². The molecule has 0 spiro atoms. The second kappa shape index (κ2) is 7.66.